The minimum Gasteiger partial charge on any atom is -0.465 e. The number of nitrogens with zero attached hydrogens (tertiary/aromatic N) is 4. The Labute approximate surface area is 107 Å². The van der Waals surface area contributed by atoms with Crippen molar-refractivity contribution in [2.45, 2.75) is 0 Å². The standard InChI is InChI=1S/C12H9N5O2/c1-19-12(18)8-4-2-3-7(5-8)9-6-13-10-11(14-9)16-17-15-10/h2-6H,1H3,(H,13,14,15,16,17). The summed E-state index contributed by atoms with van der Waals surface area (Å²) in [6.07, 6.45) is 1.58. The van der Waals surface area contributed by atoms with Crippen LogP contribution in [0, 0.1) is 0 Å². The molecule has 0 bridgehead atoms. The van der Waals surface area contributed by atoms with E-state index in [-0.39, 0.29) is 0 Å². The fourth-order valence-electron chi connectivity index (χ4n) is 1.71. The van der Waals surface area contributed by atoms with Crippen LogP contribution in [-0.4, -0.2) is 38.5 Å². The number of esters is 1. The first-order chi connectivity index (χ1) is 9.28. The van der Waals surface area contributed by atoms with Gasteiger partial charge in [-0.3, -0.25) is 0 Å². The Morgan fingerprint density at radius 1 is 1.26 bits per heavy atom. The highest BCUT2D eigenvalue weighted by Gasteiger charge is 2.09. The third-order valence-electron chi connectivity index (χ3n) is 2.63. The van der Waals surface area contributed by atoms with Gasteiger partial charge in [-0.2, -0.15) is 5.21 Å². The van der Waals surface area contributed by atoms with E-state index >= 15 is 0 Å². The van der Waals surface area contributed by atoms with Gasteiger partial charge in [-0.25, -0.2) is 14.8 Å². The number of hydrogen-bond acceptors (Lipinski definition) is 6. The van der Waals surface area contributed by atoms with Gasteiger partial charge in [-0.15, -0.1) is 10.2 Å². The highest BCUT2D eigenvalue weighted by Crippen LogP contribution is 2.19. The molecule has 1 aromatic carbocycles. The summed E-state index contributed by atoms with van der Waals surface area (Å²) in [6.45, 7) is 0. The summed E-state index contributed by atoms with van der Waals surface area (Å²) < 4.78 is 4.68. The summed E-state index contributed by atoms with van der Waals surface area (Å²) in [5.74, 6) is -0.391. The van der Waals surface area contributed by atoms with E-state index in [1.165, 1.54) is 7.11 Å². The molecule has 2 aromatic heterocycles. The lowest BCUT2D eigenvalue weighted by molar-refractivity contribution is 0.0601. The van der Waals surface area contributed by atoms with Crippen molar-refractivity contribution in [1.82, 2.24) is 25.4 Å². The van der Waals surface area contributed by atoms with E-state index in [1.807, 2.05) is 6.07 Å². The van der Waals surface area contributed by atoms with E-state index in [2.05, 4.69) is 30.1 Å². The van der Waals surface area contributed by atoms with Crippen LogP contribution < -0.4 is 0 Å². The van der Waals surface area contributed by atoms with Crippen LogP contribution in [0.3, 0.4) is 0 Å². The highest BCUT2D eigenvalue weighted by molar-refractivity contribution is 5.90. The predicted octanol–water partition coefficient (Wildman–Crippen LogP) is 1.20. The Kier molecular flexibility index (Phi) is 2.64. The second-order valence-electron chi connectivity index (χ2n) is 3.80. The molecule has 1 N–H and O–H groups in total. The number of methoxy groups -OCH3 is 1. The Balaban J connectivity index is 2.07. The van der Waals surface area contributed by atoms with E-state index in [0.29, 0.717) is 22.6 Å². The van der Waals surface area contributed by atoms with Crippen molar-refractivity contribution in [3.05, 3.63) is 36.0 Å². The fraction of sp³-hybridized carbons (Fsp3) is 0.0833. The normalized spacial score (nSPS) is 10.6. The van der Waals surface area contributed by atoms with Gasteiger partial charge >= 0.3 is 5.97 Å². The molecule has 0 aliphatic carbocycles. The molecule has 3 rings (SSSR count). The Morgan fingerprint density at radius 2 is 2.11 bits per heavy atom. The number of aromatic amines is 1. The molecule has 0 radical (unpaired) electrons. The summed E-state index contributed by atoms with van der Waals surface area (Å²) in [4.78, 5) is 19.9. The van der Waals surface area contributed by atoms with E-state index in [0.717, 1.165) is 5.56 Å². The van der Waals surface area contributed by atoms with Crippen molar-refractivity contribution in [3.63, 3.8) is 0 Å². The molecule has 19 heavy (non-hydrogen) atoms. The van der Waals surface area contributed by atoms with Crippen LogP contribution in [0.1, 0.15) is 10.4 Å². The van der Waals surface area contributed by atoms with E-state index in [9.17, 15) is 4.79 Å². The first-order valence-corrected chi connectivity index (χ1v) is 5.50. The molecule has 2 heterocycles. The molecule has 0 saturated heterocycles. The molecule has 7 nitrogen and oxygen atoms in total. The maximum Gasteiger partial charge on any atom is 0.337 e. The first kappa shape index (κ1) is 11.3. The lowest BCUT2D eigenvalue weighted by atomic mass is 10.1. The summed E-state index contributed by atoms with van der Waals surface area (Å²) in [6, 6.07) is 6.97. The van der Waals surface area contributed by atoms with Crippen molar-refractivity contribution in [1.29, 1.82) is 0 Å². The number of carbonyl (C=O) groups is 1. The van der Waals surface area contributed by atoms with Crippen molar-refractivity contribution in [2.75, 3.05) is 7.11 Å². The van der Waals surface area contributed by atoms with Crippen LogP contribution in [0.4, 0.5) is 0 Å². The molecule has 0 unspecified atom stereocenters. The van der Waals surface area contributed by atoms with Crippen LogP contribution in [-0.2, 0) is 4.74 Å². The minimum atomic E-state index is -0.391. The summed E-state index contributed by atoms with van der Waals surface area (Å²) in [5.41, 5.74) is 2.73. The first-order valence-electron chi connectivity index (χ1n) is 5.50. The Hall–Kier alpha value is -2.83. The van der Waals surface area contributed by atoms with Crippen molar-refractivity contribution >= 4 is 17.3 Å². The minimum absolute atomic E-state index is 0.391. The van der Waals surface area contributed by atoms with Crippen molar-refractivity contribution < 1.29 is 9.53 Å². The third kappa shape index (κ3) is 2.01. The SMILES string of the molecule is COC(=O)c1cccc(-c2cnc3n[nH]nc3n2)c1. The molecular formula is C12H9N5O2. The number of fused-ring (bicyclic) bond motifs is 1. The van der Waals surface area contributed by atoms with Gasteiger partial charge in [0.25, 0.3) is 0 Å². The number of H-pyrrole nitrogens is 1. The summed E-state index contributed by atoms with van der Waals surface area (Å²) in [5, 5.41) is 10.2. The molecule has 7 heteroatoms. The van der Waals surface area contributed by atoms with E-state index < -0.39 is 5.97 Å². The molecule has 0 amide bonds. The van der Waals surface area contributed by atoms with Crippen LogP contribution in [0.25, 0.3) is 22.6 Å². The molecule has 0 fully saturated rings. The van der Waals surface area contributed by atoms with Gasteiger partial charge in [-0.05, 0) is 12.1 Å². The number of aromatic nitrogens is 5. The molecule has 94 valence electrons. The monoisotopic (exact) mass is 255 g/mol. The second-order valence-corrected chi connectivity index (χ2v) is 3.80. The zero-order chi connectivity index (χ0) is 13.2. The number of carbonyl (C=O) groups excluding carboxylic acids is 1. The average Bonchev–Trinajstić information content (AvgIpc) is 2.94. The van der Waals surface area contributed by atoms with Crippen LogP contribution >= 0.6 is 0 Å². The average molecular weight is 255 g/mol. The quantitative estimate of drug-likeness (QED) is 0.691. The number of rotatable bonds is 2. The molecule has 0 aliphatic heterocycles. The third-order valence-corrected chi connectivity index (χ3v) is 2.63. The Bertz CT molecular complexity index is 752. The lowest BCUT2D eigenvalue weighted by Crippen LogP contribution is -2.01. The highest BCUT2D eigenvalue weighted by atomic mass is 16.5. The van der Waals surface area contributed by atoms with Gasteiger partial charge in [0.05, 0.1) is 24.6 Å². The molecule has 3 aromatic rings. The largest absolute Gasteiger partial charge is 0.465 e. The number of ether oxygens (including phenoxy) is 1. The van der Waals surface area contributed by atoms with Gasteiger partial charge in [0.2, 0.25) is 11.3 Å². The van der Waals surface area contributed by atoms with Crippen LogP contribution in [0.2, 0.25) is 0 Å². The molecule has 0 spiro atoms. The van der Waals surface area contributed by atoms with Crippen molar-refractivity contribution in [3.8, 4) is 11.3 Å². The Morgan fingerprint density at radius 3 is 2.95 bits per heavy atom. The van der Waals surface area contributed by atoms with Gasteiger partial charge in [-0.1, -0.05) is 12.1 Å². The summed E-state index contributed by atoms with van der Waals surface area (Å²) in [7, 11) is 1.34. The van der Waals surface area contributed by atoms with Crippen LogP contribution in [0.5, 0.6) is 0 Å². The predicted molar refractivity (Wildman–Crippen MR) is 66.3 cm³/mol. The topological polar surface area (TPSA) is 93.7 Å². The molecule has 0 saturated carbocycles. The second kappa shape index (κ2) is 4.45. The van der Waals surface area contributed by atoms with Gasteiger partial charge < -0.3 is 4.74 Å². The maximum atomic E-state index is 11.5. The van der Waals surface area contributed by atoms with E-state index in [1.54, 1.807) is 24.4 Å². The number of nitrogens with one attached hydrogen (secondary N) is 1. The number of hydrogen-bond donors (Lipinski definition) is 1. The van der Waals surface area contributed by atoms with Crippen molar-refractivity contribution in [2.24, 2.45) is 0 Å². The zero-order valence-electron chi connectivity index (χ0n) is 9.99. The molecule has 0 atom stereocenters. The molecule has 0 aliphatic rings. The fourth-order valence-corrected chi connectivity index (χ4v) is 1.71. The smallest absolute Gasteiger partial charge is 0.337 e. The number of benzene rings is 1. The van der Waals surface area contributed by atoms with Gasteiger partial charge in [0.15, 0.2) is 0 Å². The van der Waals surface area contributed by atoms with Gasteiger partial charge in [0, 0.05) is 5.56 Å². The van der Waals surface area contributed by atoms with Crippen LogP contribution in [0.15, 0.2) is 30.5 Å². The van der Waals surface area contributed by atoms with Gasteiger partial charge in [0.1, 0.15) is 0 Å². The lowest BCUT2D eigenvalue weighted by Gasteiger charge is -2.03. The van der Waals surface area contributed by atoms with E-state index in [4.69, 9.17) is 0 Å². The molecular weight excluding hydrogens is 246 g/mol. The summed E-state index contributed by atoms with van der Waals surface area (Å²) >= 11 is 0. The zero-order valence-corrected chi connectivity index (χ0v) is 9.99. The maximum absolute atomic E-state index is 11.5.